The van der Waals surface area contributed by atoms with Crippen LogP contribution in [-0.4, -0.2) is 29.0 Å². The summed E-state index contributed by atoms with van der Waals surface area (Å²) in [6.45, 7) is 0. The molecule has 0 fully saturated rings. The highest BCUT2D eigenvalue weighted by atomic mass is 16.6. The standard InChI is InChI=1S/C24H15N3O9/c28-22(15-5-8-17(9-6-15)27(31)32)26-25-14-16-7-10-18(35-23(29)19-3-1-11-33-19)13-21(16)36-24(30)20-4-2-12-34-20/h1-14H,(H,26,28)/b25-14+. The molecule has 0 saturated heterocycles. The van der Waals surface area contributed by atoms with Crippen LogP contribution < -0.4 is 14.9 Å². The number of hydrogen-bond donors (Lipinski definition) is 1. The van der Waals surface area contributed by atoms with Crippen LogP contribution in [0.15, 0.2) is 93.2 Å². The Morgan fingerprint density at radius 2 is 1.53 bits per heavy atom. The molecule has 0 aliphatic carbocycles. The third-order valence-corrected chi connectivity index (χ3v) is 4.55. The highest BCUT2D eigenvalue weighted by molar-refractivity contribution is 5.96. The van der Waals surface area contributed by atoms with Gasteiger partial charge in [-0.15, -0.1) is 0 Å². The van der Waals surface area contributed by atoms with Gasteiger partial charge in [-0.1, -0.05) is 0 Å². The van der Waals surface area contributed by atoms with E-state index < -0.39 is 22.8 Å². The quantitative estimate of drug-likeness (QED) is 0.127. The van der Waals surface area contributed by atoms with Crippen LogP contribution in [0.25, 0.3) is 0 Å². The van der Waals surface area contributed by atoms with E-state index in [2.05, 4.69) is 10.5 Å². The van der Waals surface area contributed by atoms with Gasteiger partial charge in [0.25, 0.3) is 11.6 Å². The summed E-state index contributed by atoms with van der Waals surface area (Å²) < 4.78 is 20.6. The summed E-state index contributed by atoms with van der Waals surface area (Å²) in [5.74, 6) is -2.30. The number of furan rings is 2. The number of hydrogen-bond acceptors (Lipinski definition) is 10. The van der Waals surface area contributed by atoms with Crippen molar-refractivity contribution >= 4 is 29.7 Å². The Hall–Kier alpha value is -5.52. The number of hydrazone groups is 1. The van der Waals surface area contributed by atoms with E-state index in [1.807, 2.05) is 0 Å². The summed E-state index contributed by atoms with van der Waals surface area (Å²) in [5.41, 5.74) is 2.50. The number of carbonyl (C=O) groups excluding carboxylic acids is 3. The third-order valence-electron chi connectivity index (χ3n) is 4.55. The molecule has 180 valence electrons. The molecule has 0 saturated carbocycles. The van der Waals surface area contributed by atoms with Crippen molar-refractivity contribution in [1.29, 1.82) is 0 Å². The van der Waals surface area contributed by atoms with Crippen LogP contribution in [0.1, 0.15) is 37.0 Å². The molecule has 4 rings (SSSR count). The number of nitro groups is 1. The Morgan fingerprint density at radius 1 is 0.889 bits per heavy atom. The van der Waals surface area contributed by atoms with Gasteiger partial charge in [0, 0.05) is 29.3 Å². The molecule has 12 nitrogen and oxygen atoms in total. The average Bonchev–Trinajstić information content (AvgIpc) is 3.60. The van der Waals surface area contributed by atoms with Crippen molar-refractivity contribution in [3.8, 4) is 11.5 Å². The highest BCUT2D eigenvalue weighted by Crippen LogP contribution is 2.26. The first-order valence-corrected chi connectivity index (χ1v) is 10.1. The van der Waals surface area contributed by atoms with Crippen molar-refractivity contribution in [3.05, 3.63) is 112 Å². The number of nitro benzene ring substituents is 1. The van der Waals surface area contributed by atoms with Crippen molar-refractivity contribution in [2.24, 2.45) is 5.10 Å². The van der Waals surface area contributed by atoms with E-state index in [4.69, 9.17) is 18.3 Å². The minimum atomic E-state index is -0.820. The zero-order valence-electron chi connectivity index (χ0n) is 18.2. The Morgan fingerprint density at radius 3 is 2.11 bits per heavy atom. The average molecular weight is 489 g/mol. The van der Waals surface area contributed by atoms with Crippen molar-refractivity contribution in [3.63, 3.8) is 0 Å². The topological polar surface area (TPSA) is 163 Å². The molecule has 0 unspecified atom stereocenters. The Labute approximate surface area is 201 Å². The molecule has 4 aromatic rings. The van der Waals surface area contributed by atoms with Crippen molar-refractivity contribution in [2.45, 2.75) is 0 Å². The summed E-state index contributed by atoms with van der Waals surface area (Å²) in [7, 11) is 0. The van der Waals surface area contributed by atoms with Crippen LogP contribution in [0.4, 0.5) is 5.69 Å². The molecule has 2 aromatic carbocycles. The van der Waals surface area contributed by atoms with Gasteiger partial charge in [0.1, 0.15) is 11.5 Å². The smallest absolute Gasteiger partial charge is 0.379 e. The Kier molecular flexibility index (Phi) is 6.96. The van der Waals surface area contributed by atoms with Gasteiger partial charge < -0.3 is 18.3 Å². The third kappa shape index (κ3) is 5.69. The number of carbonyl (C=O) groups is 3. The predicted molar refractivity (Wildman–Crippen MR) is 122 cm³/mol. The van der Waals surface area contributed by atoms with Crippen molar-refractivity contribution in [2.75, 3.05) is 0 Å². The van der Waals surface area contributed by atoms with E-state index in [1.165, 1.54) is 85.5 Å². The van der Waals surface area contributed by atoms with Gasteiger partial charge >= 0.3 is 11.9 Å². The van der Waals surface area contributed by atoms with E-state index >= 15 is 0 Å². The van der Waals surface area contributed by atoms with Crippen LogP contribution in [0.3, 0.4) is 0 Å². The number of esters is 2. The summed E-state index contributed by atoms with van der Waals surface area (Å²) in [6.07, 6.45) is 3.82. The fourth-order valence-corrected chi connectivity index (χ4v) is 2.83. The summed E-state index contributed by atoms with van der Waals surface area (Å²) in [5, 5.41) is 14.6. The molecule has 2 heterocycles. The Bertz CT molecular complexity index is 1420. The van der Waals surface area contributed by atoms with Gasteiger partial charge in [-0.05, 0) is 48.5 Å². The van der Waals surface area contributed by atoms with Crippen LogP contribution in [0, 0.1) is 10.1 Å². The SMILES string of the molecule is O=C(N/N=C/c1ccc(OC(=O)c2ccco2)cc1OC(=O)c1ccco1)c1ccc([N+](=O)[O-])cc1. The molecule has 0 radical (unpaired) electrons. The minimum absolute atomic E-state index is 0.0243. The molecule has 0 spiro atoms. The molecule has 1 amide bonds. The second kappa shape index (κ2) is 10.6. The van der Waals surface area contributed by atoms with Gasteiger partial charge in [0.2, 0.25) is 11.5 Å². The fraction of sp³-hybridized carbons (Fsp3) is 0. The van der Waals surface area contributed by atoms with E-state index in [-0.39, 0.29) is 39.8 Å². The van der Waals surface area contributed by atoms with Crippen LogP contribution in [-0.2, 0) is 0 Å². The first-order chi connectivity index (χ1) is 17.4. The predicted octanol–water partition coefficient (Wildman–Crippen LogP) is 3.98. The number of ether oxygens (including phenoxy) is 2. The monoisotopic (exact) mass is 489 g/mol. The number of nitrogens with one attached hydrogen (secondary N) is 1. The second-order valence-electron chi connectivity index (χ2n) is 6.94. The maximum Gasteiger partial charge on any atom is 0.379 e. The first kappa shape index (κ1) is 23.6. The fourth-order valence-electron chi connectivity index (χ4n) is 2.83. The molecule has 2 aromatic heterocycles. The zero-order valence-corrected chi connectivity index (χ0v) is 18.2. The van der Waals surface area contributed by atoms with Gasteiger partial charge in [-0.2, -0.15) is 5.10 Å². The molecule has 36 heavy (non-hydrogen) atoms. The van der Waals surface area contributed by atoms with E-state index in [9.17, 15) is 24.5 Å². The van der Waals surface area contributed by atoms with Gasteiger partial charge in [-0.25, -0.2) is 15.0 Å². The lowest BCUT2D eigenvalue weighted by molar-refractivity contribution is -0.384. The van der Waals surface area contributed by atoms with Gasteiger partial charge in [0.05, 0.1) is 23.7 Å². The highest BCUT2D eigenvalue weighted by Gasteiger charge is 2.17. The number of nitrogens with zero attached hydrogens (tertiary/aromatic N) is 2. The lowest BCUT2D eigenvalue weighted by atomic mass is 10.2. The van der Waals surface area contributed by atoms with Gasteiger partial charge in [0.15, 0.2) is 0 Å². The summed E-state index contributed by atoms with van der Waals surface area (Å²) >= 11 is 0. The molecular weight excluding hydrogens is 474 g/mol. The number of rotatable bonds is 8. The number of benzene rings is 2. The maximum atomic E-state index is 12.4. The molecule has 1 N–H and O–H groups in total. The van der Waals surface area contributed by atoms with Crippen molar-refractivity contribution < 1.29 is 37.6 Å². The van der Waals surface area contributed by atoms with Crippen molar-refractivity contribution in [1.82, 2.24) is 5.43 Å². The molecule has 0 bridgehead atoms. The molecular formula is C24H15N3O9. The number of amides is 1. The maximum absolute atomic E-state index is 12.4. The number of non-ortho nitro benzene ring substituents is 1. The Balaban J connectivity index is 1.52. The molecule has 0 aliphatic rings. The zero-order chi connectivity index (χ0) is 25.5. The van der Waals surface area contributed by atoms with E-state index in [0.717, 1.165) is 0 Å². The summed E-state index contributed by atoms with van der Waals surface area (Å²) in [6, 6.07) is 14.9. The lowest BCUT2D eigenvalue weighted by Gasteiger charge is -2.09. The normalized spacial score (nSPS) is 10.7. The van der Waals surface area contributed by atoms with E-state index in [1.54, 1.807) is 0 Å². The molecule has 0 aliphatic heterocycles. The lowest BCUT2D eigenvalue weighted by Crippen LogP contribution is -2.17. The largest absolute Gasteiger partial charge is 0.457 e. The van der Waals surface area contributed by atoms with Gasteiger partial charge in [-0.3, -0.25) is 14.9 Å². The molecule has 0 atom stereocenters. The first-order valence-electron chi connectivity index (χ1n) is 10.1. The second-order valence-corrected chi connectivity index (χ2v) is 6.94. The summed E-state index contributed by atoms with van der Waals surface area (Å²) in [4.78, 5) is 47.0. The van der Waals surface area contributed by atoms with Crippen LogP contribution in [0.2, 0.25) is 0 Å². The minimum Gasteiger partial charge on any atom is -0.457 e. The van der Waals surface area contributed by atoms with E-state index in [0.29, 0.717) is 0 Å². The van der Waals surface area contributed by atoms with Crippen LogP contribution >= 0.6 is 0 Å². The molecule has 12 heteroatoms. The van der Waals surface area contributed by atoms with Crippen LogP contribution in [0.5, 0.6) is 11.5 Å².